The molecule has 0 amide bonds. The van der Waals surface area contributed by atoms with Crippen LogP contribution in [0.1, 0.15) is 20.3 Å². The Balaban J connectivity index is 3.34. The quantitative estimate of drug-likeness (QED) is 0.614. The van der Waals surface area contributed by atoms with E-state index in [-0.39, 0.29) is 15.9 Å². The molecular formula is C10H16N2O4S2. The van der Waals surface area contributed by atoms with Gasteiger partial charge in [-0.3, -0.25) is 10.1 Å². The number of thiophene rings is 1. The highest BCUT2D eigenvalue weighted by Gasteiger charge is 2.27. The largest absolute Gasteiger partial charge is 0.358 e. The predicted octanol–water partition coefficient (Wildman–Crippen LogP) is 2.29. The SMILES string of the molecule is CCC(C)N(C)c1sc(S(C)(=O)=O)cc1[N+](=O)[O-]. The number of rotatable bonds is 5. The van der Waals surface area contributed by atoms with E-state index in [4.69, 9.17) is 0 Å². The van der Waals surface area contributed by atoms with Crippen molar-refractivity contribution < 1.29 is 13.3 Å². The fourth-order valence-corrected chi connectivity index (χ4v) is 3.48. The van der Waals surface area contributed by atoms with E-state index >= 15 is 0 Å². The molecule has 8 heteroatoms. The number of nitrogens with zero attached hydrogens (tertiary/aromatic N) is 2. The Kier molecular flexibility index (Phi) is 4.33. The van der Waals surface area contributed by atoms with E-state index in [1.807, 2.05) is 13.8 Å². The van der Waals surface area contributed by atoms with Crippen molar-refractivity contribution in [3.63, 3.8) is 0 Å². The van der Waals surface area contributed by atoms with Crippen molar-refractivity contribution in [3.05, 3.63) is 16.2 Å². The molecule has 0 spiro atoms. The average Bonchev–Trinajstić information content (AvgIpc) is 2.71. The second-order valence-electron chi connectivity index (χ2n) is 4.15. The number of hydrogen-bond acceptors (Lipinski definition) is 6. The van der Waals surface area contributed by atoms with Crippen LogP contribution in [-0.2, 0) is 9.84 Å². The summed E-state index contributed by atoms with van der Waals surface area (Å²) < 4.78 is 22.9. The summed E-state index contributed by atoms with van der Waals surface area (Å²) in [6.45, 7) is 3.90. The van der Waals surface area contributed by atoms with Gasteiger partial charge in [-0.2, -0.15) is 0 Å². The molecule has 0 saturated heterocycles. The summed E-state index contributed by atoms with van der Waals surface area (Å²) in [6.07, 6.45) is 1.87. The van der Waals surface area contributed by atoms with Gasteiger partial charge in [-0.15, -0.1) is 0 Å². The molecule has 0 N–H and O–H groups in total. The molecule has 0 aromatic carbocycles. The Labute approximate surface area is 110 Å². The Morgan fingerprint density at radius 2 is 2.11 bits per heavy atom. The van der Waals surface area contributed by atoms with Crippen LogP contribution in [0.25, 0.3) is 0 Å². The molecule has 1 rings (SSSR count). The lowest BCUT2D eigenvalue weighted by Crippen LogP contribution is -2.27. The third-order valence-corrected chi connectivity index (χ3v) is 5.82. The molecule has 1 aromatic rings. The fourth-order valence-electron chi connectivity index (χ4n) is 1.39. The number of anilines is 1. The van der Waals surface area contributed by atoms with Gasteiger partial charge >= 0.3 is 5.69 Å². The number of nitro groups is 1. The smallest absolute Gasteiger partial charge is 0.305 e. The summed E-state index contributed by atoms with van der Waals surface area (Å²) in [4.78, 5) is 12.2. The molecule has 0 radical (unpaired) electrons. The molecule has 1 atom stereocenters. The highest BCUT2D eigenvalue weighted by molar-refractivity contribution is 7.92. The third-order valence-electron chi connectivity index (χ3n) is 2.81. The lowest BCUT2D eigenvalue weighted by Gasteiger charge is -2.23. The van der Waals surface area contributed by atoms with E-state index in [2.05, 4.69) is 0 Å². The van der Waals surface area contributed by atoms with Crippen LogP contribution < -0.4 is 4.90 Å². The first-order chi connectivity index (χ1) is 8.18. The van der Waals surface area contributed by atoms with Crippen molar-refractivity contribution in [1.82, 2.24) is 0 Å². The van der Waals surface area contributed by atoms with Crippen LogP contribution in [0.2, 0.25) is 0 Å². The van der Waals surface area contributed by atoms with E-state index in [1.54, 1.807) is 11.9 Å². The van der Waals surface area contributed by atoms with Crippen molar-refractivity contribution in [2.24, 2.45) is 0 Å². The second kappa shape index (κ2) is 5.23. The fraction of sp³-hybridized carbons (Fsp3) is 0.600. The molecular weight excluding hydrogens is 276 g/mol. The summed E-state index contributed by atoms with van der Waals surface area (Å²) >= 11 is 0.943. The van der Waals surface area contributed by atoms with Crippen LogP contribution >= 0.6 is 11.3 Å². The van der Waals surface area contributed by atoms with Crippen LogP contribution in [0, 0.1) is 10.1 Å². The van der Waals surface area contributed by atoms with Crippen molar-refractivity contribution in [2.45, 2.75) is 30.5 Å². The van der Waals surface area contributed by atoms with Gasteiger partial charge in [0.15, 0.2) is 14.8 Å². The topological polar surface area (TPSA) is 80.5 Å². The molecule has 0 aliphatic rings. The second-order valence-corrected chi connectivity index (χ2v) is 7.43. The Bertz CT molecular complexity index is 550. The van der Waals surface area contributed by atoms with Gasteiger partial charge < -0.3 is 4.90 Å². The lowest BCUT2D eigenvalue weighted by atomic mass is 10.2. The van der Waals surface area contributed by atoms with Gasteiger partial charge in [0.05, 0.1) is 4.92 Å². The van der Waals surface area contributed by atoms with Crippen molar-refractivity contribution >= 4 is 31.9 Å². The summed E-state index contributed by atoms with van der Waals surface area (Å²) in [6, 6.07) is 1.24. The first-order valence-corrected chi connectivity index (χ1v) is 8.10. The minimum Gasteiger partial charge on any atom is -0.358 e. The van der Waals surface area contributed by atoms with Crippen LogP contribution in [0.5, 0.6) is 0 Å². The Morgan fingerprint density at radius 3 is 2.50 bits per heavy atom. The maximum absolute atomic E-state index is 11.5. The van der Waals surface area contributed by atoms with Gasteiger partial charge in [0.1, 0.15) is 4.21 Å². The van der Waals surface area contributed by atoms with Crippen molar-refractivity contribution in [1.29, 1.82) is 0 Å². The molecule has 102 valence electrons. The molecule has 0 fully saturated rings. The summed E-state index contributed by atoms with van der Waals surface area (Å²) in [7, 11) is -1.68. The van der Waals surface area contributed by atoms with Crippen LogP contribution in [0.15, 0.2) is 10.3 Å². The lowest BCUT2D eigenvalue weighted by molar-refractivity contribution is -0.383. The molecule has 0 aliphatic carbocycles. The van der Waals surface area contributed by atoms with Gasteiger partial charge in [0, 0.05) is 25.4 Å². The van der Waals surface area contributed by atoms with E-state index in [0.717, 1.165) is 30.1 Å². The zero-order valence-electron chi connectivity index (χ0n) is 10.7. The zero-order chi connectivity index (χ0) is 14.1. The highest BCUT2D eigenvalue weighted by atomic mass is 32.2. The molecule has 1 aromatic heterocycles. The van der Waals surface area contributed by atoms with E-state index in [1.165, 1.54) is 0 Å². The molecule has 0 bridgehead atoms. The molecule has 1 heterocycles. The maximum atomic E-state index is 11.5. The van der Waals surface area contributed by atoms with Gasteiger partial charge in [-0.25, -0.2) is 8.42 Å². The van der Waals surface area contributed by atoms with E-state index in [0.29, 0.717) is 5.00 Å². The molecule has 0 aliphatic heterocycles. The van der Waals surface area contributed by atoms with Gasteiger partial charge in [0.25, 0.3) is 0 Å². The molecule has 6 nitrogen and oxygen atoms in total. The Morgan fingerprint density at radius 1 is 1.56 bits per heavy atom. The number of sulfone groups is 1. The summed E-state index contributed by atoms with van der Waals surface area (Å²) in [5.74, 6) is 0. The van der Waals surface area contributed by atoms with Crippen LogP contribution in [-0.4, -0.2) is 32.7 Å². The molecule has 18 heavy (non-hydrogen) atoms. The normalized spacial score (nSPS) is 13.3. The van der Waals surface area contributed by atoms with Crippen molar-refractivity contribution in [2.75, 3.05) is 18.2 Å². The first-order valence-electron chi connectivity index (χ1n) is 5.39. The Hall–Kier alpha value is -1.15. The van der Waals surface area contributed by atoms with Crippen molar-refractivity contribution in [3.8, 4) is 0 Å². The standard InChI is InChI=1S/C10H16N2O4S2/c1-5-7(2)11(3)10-8(12(13)14)6-9(17-10)18(4,15)16/h6-7H,5H2,1-4H3. The molecule has 0 saturated carbocycles. The average molecular weight is 292 g/mol. The van der Waals surface area contributed by atoms with E-state index in [9.17, 15) is 18.5 Å². The first kappa shape index (κ1) is 14.9. The maximum Gasteiger partial charge on any atom is 0.305 e. The number of hydrogen-bond donors (Lipinski definition) is 0. The van der Waals surface area contributed by atoms with Gasteiger partial charge in [0.2, 0.25) is 0 Å². The van der Waals surface area contributed by atoms with Crippen LogP contribution in [0.3, 0.4) is 0 Å². The highest BCUT2D eigenvalue weighted by Crippen LogP contribution is 2.40. The predicted molar refractivity (Wildman–Crippen MR) is 72.2 cm³/mol. The third kappa shape index (κ3) is 2.99. The van der Waals surface area contributed by atoms with E-state index < -0.39 is 14.8 Å². The van der Waals surface area contributed by atoms with Gasteiger partial charge in [-0.1, -0.05) is 18.3 Å². The van der Waals surface area contributed by atoms with Gasteiger partial charge in [-0.05, 0) is 13.3 Å². The zero-order valence-corrected chi connectivity index (χ0v) is 12.3. The molecule has 1 unspecified atom stereocenters. The monoisotopic (exact) mass is 292 g/mol. The minimum absolute atomic E-state index is 0.0272. The minimum atomic E-state index is -3.42. The summed E-state index contributed by atoms with van der Waals surface area (Å²) in [5, 5.41) is 11.4. The summed E-state index contributed by atoms with van der Waals surface area (Å²) in [5.41, 5.74) is -0.150. The van der Waals surface area contributed by atoms with Crippen LogP contribution in [0.4, 0.5) is 10.7 Å².